The molecule has 0 aliphatic rings. The van der Waals surface area contributed by atoms with Crippen LogP contribution in [0.1, 0.15) is 309 Å². The maximum absolute atomic E-state index is 12.9. The number of nitrogens with zero attached hydrogens (tertiary/aromatic N) is 1. The lowest BCUT2D eigenvalue weighted by Gasteiger charge is -2.25. The van der Waals surface area contributed by atoms with Crippen LogP contribution in [-0.4, -0.2) is 73.4 Å². The smallest absolute Gasteiger partial charge is 0.387 e. The van der Waals surface area contributed by atoms with Gasteiger partial charge in [-0.3, -0.25) is 13.8 Å². The summed E-state index contributed by atoms with van der Waals surface area (Å²) in [5.74, 6) is -0.171. The lowest BCUT2D eigenvalue weighted by Crippen LogP contribution is -2.45. The number of carbonyl (C=O) groups excluding carboxylic acids is 1. The van der Waals surface area contributed by atoms with Crippen molar-refractivity contribution in [3.63, 3.8) is 0 Å². The number of likely N-dealkylation sites (N-methyl/N-ethyl adjacent to an activating group) is 1. The Morgan fingerprint density at radius 1 is 0.485 bits per heavy atom. The molecule has 0 aromatic heterocycles. The highest BCUT2D eigenvalue weighted by atomic mass is 31.2. The van der Waals surface area contributed by atoms with Crippen LogP contribution in [0, 0.1) is 0 Å². The number of nitrogens with one attached hydrogen (secondary N) is 1. The molecule has 9 heteroatoms. The van der Waals surface area contributed by atoms with E-state index in [-0.39, 0.29) is 19.1 Å². The van der Waals surface area contributed by atoms with Gasteiger partial charge in [-0.05, 0) is 19.3 Å². The molecule has 0 saturated heterocycles. The van der Waals surface area contributed by atoms with Crippen molar-refractivity contribution in [2.45, 2.75) is 321 Å². The molecule has 0 aromatic carbocycles. The number of quaternary nitrogens is 1. The number of hydrogen-bond acceptors (Lipinski definition) is 5. The number of amides is 1. The number of rotatable bonds is 56. The van der Waals surface area contributed by atoms with E-state index in [1.807, 2.05) is 27.2 Å². The van der Waals surface area contributed by atoms with Crippen molar-refractivity contribution in [1.29, 1.82) is 0 Å². The van der Waals surface area contributed by atoms with Gasteiger partial charge in [0.15, 0.2) is 0 Å². The Morgan fingerprint density at radius 3 is 1.09 bits per heavy atom. The molecule has 3 unspecified atom stereocenters. The Morgan fingerprint density at radius 2 is 0.779 bits per heavy atom. The molecule has 0 bridgehead atoms. The van der Waals surface area contributed by atoms with Gasteiger partial charge in [-0.15, -0.1) is 0 Å². The molecule has 0 aliphatic heterocycles. The van der Waals surface area contributed by atoms with Crippen LogP contribution in [0.4, 0.5) is 0 Å². The maximum atomic E-state index is 12.9. The van der Waals surface area contributed by atoms with E-state index >= 15 is 0 Å². The van der Waals surface area contributed by atoms with E-state index in [1.165, 1.54) is 257 Å². The second-order valence-electron chi connectivity index (χ2n) is 22.1. The standard InChI is InChI=1S/C59H119N2O6P/c1-6-8-10-12-14-16-18-20-22-23-24-25-26-27-28-29-30-31-32-33-34-35-36-37-39-40-42-44-46-48-50-52-58(62)57(56-67-68(64,65)66-55-54-61(3,4)5)60-59(63)53-51-49-47-45-43-41-38-21-19-17-15-13-11-9-7-2/h50,52,57-58,62H,6-49,51,53-56H2,1-5H3,(H-,60,63,64,65)/p+1/b52-50+. The zero-order chi connectivity index (χ0) is 49.9. The van der Waals surface area contributed by atoms with E-state index < -0.39 is 20.0 Å². The minimum atomic E-state index is -4.34. The average molecular weight is 985 g/mol. The first-order valence-corrected chi connectivity index (χ1v) is 31.6. The minimum absolute atomic E-state index is 0.0651. The van der Waals surface area contributed by atoms with Gasteiger partial charge in [0, 0.05) is 6.42 Å². The van der Waals surface area contributed by atoms with E-state index in [9.17, 15) is 19.4 Å². The van der Waals surface area contributed by atoms with Crippen molar-refractivity contribution < 1.29 is 32.9 Å². The Bertz CT molecular complexity index is 1120. The molecule has 3 atom stereocenters. The number of phosphoric ester groups is 1. The summed E-state index contributed by atoms with van der Waals surface area (Å²) >= 11 is 0. The number of hydrogen-bond donors (Lipinski definition) is 3. The molecule has 0 fully saturated rings. The summed E-state index contributed by atoms with van der Waals surface area (Å²) in [6.07, 6.45) is 63.3. The van der Waals surface area contributed by atoms with Crippen molar-refractivity contribution >= 4 is 13.7 Å². The zero-order valence-electron chi connectivity index (χ0n) is 46.4. The Balaban J connectivity index is 4.05. The third-order valence-corrected chi connectivity index (χ3v) is 15.0. The predicted molar refractivity (Wildman–Crippen MR) is 295 cm³/mol. The van der Waals surface area contributed by atoms with Crippen molar-refractivity contribution in [2.75, 3.05) is 40.9 Å². The molecule has 68 heavy (non-hydrogen) atoms. The summed E-state index contributed by atoms with van der Waals surface area (Å²) in [5, 5.41) is 13.9. The third kappa shape index (κ3) is 53.0. The first-order chi connectivity index (χ1) is 33.0. The number of allylic oxidation sites excluding steroid dienone is 1. The molecule has 0 spiro atoms. The second kappa shape index (κ2) is 51.2. The normalized spacial score (nSPS) is 13.9. The van der Waals surface area contributed by atoms with Gasteiger partial charge in [-0.1, -0.05) is 296 Å². The minimum Gasteiger partial charge on any atom is -0.387 e. The average Bonchev–Trinajstić information content (AvgIpc) is 3.30. The van der Waals surface area contributed by atoms with Crippen LogP contribution in [-0.2, 0) is 18.4 Å². The third-order valence-electron chi connectivity index (χ3n) is 14.0. The summed E-state index contributed by atoms with van der Waals surface area (Å²) in [4.78, 5) is 23.3. The van der Waals surface area contributed by atoms with E-state index in [1.54, 1.807) is 6.08 Å². The highest BCUT2D eigenvalue weighted by Gasteiger charge is 2.27. The first-order valence-electron chi connectivity index (χ1n) is 30.1. The highest BCUT2D eigenvalue weighted by molar-refractivity contribution is 7.47. The maximum Gasteiger partial charge on any atom is 0.472 e. The summed E-state index contributed by atoms with van der Waals surface area (Å²) < 4.78 is 23.7. The fraction of sp³-hybridized carbons (Fsp3) is 0.949. The highest BCUT2D eigenvalue weighted by Crippen LogP contribution is 2.43. The van der Waals surface area contributed by atoms with Crippen molar-refractivity contribution in [1.82, 2.24) is 5.32 Å². The molecule has 406 valence electrons. The van der Waals surface area contributed by atoms with Crippen LogP contribution < -0.4 is 5.32 Å². The summed E-state index contributed by atoms with van der Waals surface area (Å²) in [6, 6.07) is -0.842. The Kier molecular flexibility index (Phi) is 50.6. The molecule has 0 aliphatic carbocycles. The number of aliphatic hydroxyl groups is 1. The zero-order valence-corrected chi connectivity index (χ0v) is 47.3. The SMILES string of the molecule is CCCCCCCCCCCCCCCCCCCCCCCCCCCCCCC/C=C/C(O)C(COP(=O)(O)OCC[N+](C)(C)C)NC(=O)CCCCCCCCCCCCCCCCC. The van der Waals surface area contributed by atoms with Crippen LogP contribution in [0.15, 0.2) is 12.2 Å². The van der Waals surface area contributed by atoms with E-state index in [2.05, 4.69) is 19.2 Å². The molecule has 0 rings (SSSR count). The Labute approximate surface area is 424 Å². The van der Waals surface area contributed by atoms with Gasteiger partial charge in [-0.25, -0.2) is 4.57 Å². The van der Waals surface area contributed by atoms with E-state index in [4.69, 9.17) is 9.05 Å². The number of phosphoric acid groups is 1. The van der Waals surface area contributed by atoms with Gasteiger partial charge in [0.25, 0.3) is 0 Å². The van der Waals surface area contributed by atoms with Crippen LogP contribution in [0.2, 0.25) is 0 Å². The monoisotopic (exact) mass is 984 g/mol. The second-order valence-corrected chi connectivity index (χ2v) is 23.5. The molecular weight excluding hydrogens is 864 g/mol. The largest absolute Gasteiger partial charge is 0.472 e. The van der Waals surface area contributed by atoms with E-state index in [0.717, 1.165) is 32.1 Å². The summed E-state index contributed by atoms with van der Waals surface area (Å²) in [6.45, 7) is 4.86. The van der Waals surface area contributed by atoms with Crippen molar-refractivity contribution in [2.24, 2.45) is 0 Å². The Hall–Kier alpha value is -0.760. The molecule has 3 N–H and O–H groups in total. The van der Waals surface area contributed by atoms with Gasteiger partial charge >= 0.3 is 7.82 Å². The molecule has 0 radical (unpaired) electrons. The van der Waals surface area contributed by atoms with Crippen molar-refractivity contribution in [3.8, 4) is 0 Å². The molecule has 0 saturated carbocycles. The fourth-order valence-electron chi connectivity index (χ4n) is 9.28. The lowest BCUT2D eigenvalue weighted by atomic mass is 10.0. The van der Waals surface area contributed by atoms with Gasteiger partial charge in [0.05, 0.1) is 39.9 Å². The summed E-state index contributed by atoms with van der Waals surface area (Å²) in [5.41, 5.74) is 0. The van der Waals surface area contributed by atoms with Gasteiger partial charge in [0.2, 0.25) is 5.91 Å². The van der Waals surface area contributed by atoms with Crippen molar-refractivity contribution in [3.05, 3.63) is 12.2 Å². The molecule has 0 heterocycles. The fourth-order valence-corrected chi connectivity index (χ4v) is 10.0. The molecule has 0 aromatic rings. The van der Waals surface area contributed by atoms with E-state index in [0.29, 0.717) is 17.4 Å². The number of carbonyl (C=O) groups is 1. The molecule has 8 nitrogen and oxygen atoms in total. The quantitative estimate of drug-likeness (QED) is 0.0243. The molecular formula is C59H120N2O6P+. The summed E-state index contributed by atoms with van der Waals surface area (Å²) in [7, 11) is 1.59. The van der Waals surface area contributed by atoms with Crippen LogP contribution in [0.5, 0.6) is 0 Å². The van der Waals surface area contributed by atoms with Crippen LogP contribution in [0.25, 0.3) is 0 Å². The molecule has 1 amide bonds. The van der Waals surface area contributed by atoms with Gasteiger partial charge in [0.1, 0.15) is 13.2 Å². The van der Waals surface area contributed by atoms with Gasteiger partial charge < -0.3 is 19.8 Å². The lowest BCUT2D eigenvalue weighted by molar-refractivity contribution is -0.870. The number of aliphatic hydroxyl groups excluding tert-OH is 1. The first kappa shape index (κ1) is 67.2. The van der Waals surface area contributed by atoms with Crippen LogP contribution in [0.3, 0.4) is 0 Å². The topological polar surface area (TPSA) is 105 Å². The predicted octanol–water partition coefficient (Wildman–Crippen LogP) is 18.2. The van der Waals surface area contributed by atoms with Crippen LogP contribution >= 0.6 is 7.82 Å². The van der Waals surface area contributed by atoms with Gasteiger partial charge in [-0.2, -0.15) is 0 Å². The number of unbranched alkanes of at least 4 members (excludes halogenated alkanes) is 43.